The number of urea groups is 1. The van der Waals surface area contributed by atoms with Crippen molar-refractivity contribution in [2.75, 3.05) is 44.4 Å². The smallest absolute Gasteiger partial charge is 0.414 e. The van der Waals surface area contributed by atoms with Crippen molar-refractivity contribution in [3.05, 3.63) is 29.8 Å². The van der Waals surface area contributed by atoms with Crippen LogP contribution in [-0.2, 0) is 14.2 Å². The van der Waals surface area contributed by atoms with Gasteiger partial charge in [0, 0.05) is 12.2 Å². The van der Waals surface area contributed by atoms with Crippen molar-refractivity contribution in [3.63, 3.8) is 0 Å². The lowest BCUT2D eigenvalue weighted by Gasteiger charge is -2.24. The summed E-state index contributed by atoms with van der Waals surface area (Å²) in [7, 11) is 0. The summed E-state index contributed by atoms with van der Waals surface area (Å²) in [6.45, 7) is 4.86. The van der Waals surface area contributed by atoms with Crippen molar-refractivity contribution in [2.45, 2.75) is 19.1 Å². The number of carbonyl (C=O) groups is 2. The van der Waals surface area contributed by atoms with E-state index >= 15 is 0 Å². The molecule has 2 aliphatic rings. The number of ether oxygens (including phenoxy) is 3. The van der Waals surface area contributed by atoms with Crippen LogP contribution in [0.5, 0.6) is 0 Å². The highest BCUT2D eigenvalue weighted by Crippen LogP contribution is 2.23. The zero-order chi connectivity index (χ0) is 17.6. The number of amides is 3. The van der Waals surface area contributed by atoms with Crippen LogP contribution in [0.25, 0.3) is 0 Å². The molecule has 3 rings (SSSR count). The Hall–Kier alpha value is -2.32. The zero-order valence-corrected chi connectivity index (χ0v) is 14.2. The van der Waals surface area contributed by atoms with Crippen LogP contribution in [-0.4, -0.2) is 57.7 Å². The van der Waals surface area contributed by atoms with E-state index in [1.807, 2.05) is 31.2 Å². The summed E-state index contributed by atoms with van der Waals surface area (Å²) in [4.78, 5) is 25.3. The molecule has 2 heterocycles. The maximum absolute atomic E-state index is 12.1. The lowest BCUT2D eigenvalue weighted by Crippen LogP contribution is -2.44. The number of carbonyl (C=O) groups excluding carboxylic acids is 2. The maximum Gasteiger partial charge on any atom is 0.414 e. The number of hydrogen-bond acceptors (Lipinski definition) is 5. The van der Waals surface area contributed by atoms with E-state index in [0.717, 1.165) is 11.3 Å². The van der Waals surface area contributed by atoms with Gasteiger partial charge in [0.2, 0.25) is 0 Å². The molecule has 25 heavy (non-hydrogen) atoms. The average molecular weight is 349 g/mol. The van der Waals surface area contributed by atoms with Gasteiger partial charge in [0.15, 0.2) is 0 Å². The normalized spacial score (nSPS) is 21.6. The van der Waals surface area contributed by atoms with Crippen LogP contribution >= 0.6 is 0 Å². The Labute approximate surface area is 146 Å². The van der Waals surface area contributed by atoms with E-state index in [4.69, 9.17) is 14.2 Å². The topological polar surface area (TPSA) is 89.1 Å². The van der Waals surface area contributed by atoms with Crippen molar-refractivity contribution in [1.29, 1.82) is 0 Å². The molecule has 2 fully saturated rings. The molecule has 2 saturated heterocycles. The minimum atomic E-state index is -0.342. The molecule has 8 nitrogen and oxygen atoms in total. The molecule has 0 unspecified atom stereocenters. The summed E-state index contributed by atoms with van der Waals surface area (Å²) in [6, 6.07) is 7.03. The number of hydrogen-bond donors (Lipinski definition) is 2. The molecule has 1 aromatic carbocycles. The van der Waals surface area contributed by atoms with Gasteiger partial charge < -0.3 is 24.8 Å². The Morgan fingerprint density at radius 1 is 1.36 bits per heavy atom. The van der Waals surface area contributed by atoms with E-state index in [0.29, 0.717) is 39.5 Å². The fraction of sp³-hybridized carbons (Fsp3) is 0.529. The molecule has 0 spiro atoms. The third-order valence-electron chi connectivity index (χ3n) is 4.17. The monoisotopic (exact) mass is 349 g/mol. The van der Waals surface area contributed by atoms with Crippen LogP contribution < -0.4 is 15.5 Å². The minimum absolute atomic E-state index is 0.112. The molecule has 0 bridgehead atoms. The number of cyclic esters (lactones) is 1. The van der Waals surface area contributed by atoms with E-state index in [1.54, 1.807) is 4.90 Å². The summed E-state index contributed by atoms with van der Waals surface area (Å²) in [5.41, 5.74) is 1.67. The van der Waals surface area contributed by atoms with Gasteiger partial charge in [-0.05, 0) is 24.6 Å². The van der Waals surface area contributed by atoms with Crippen molar-refractivity contribution in [2.24, 2.45) is 0 Å². The molecular weight excluding hydrogens is 326 g/mol. The second-order valence-electron chi connectivity index (χ2n) is 6.00. The van der Waals surface area contributed by atoms with Gasteiger partial charge in [-0.15, -0.1) is 0 Å². The van der Waals surface area contributed by atoms with Crippen molar-refractivity contribution in [1.82, 2.24) is 10.6 Å². The van der Waals surface area contributed by atoms with E-state index < -0.39 is 0 Å². The van der Waals surface area contributed by atoms with Gasteiger partial charge in [-0.3, -0.25) is 4.90 Å². The van der Waals surface area contributed by atoms with Gasteiger partial charge in [-0.1, -0.05) is 12.1 Å². The lowest BCUT2D eigenvalue weighted by atomic mass is 10.1. The number of nitrogens with one attached hydrogen (secondary N) is 2. The van der Waals surface area contributed by atoms with Crippen molar-refractivity contribution in [3.8, 4) is 0 Å². The fourth-order valence-corrected chi connectivity index (χ4v) is 2.78. The number of rotatable bonds is 5. The molecule has 0 aliphatic carbocycles. The lowest BCUT2D eigenvalue weighted by molar-refractivity contribution is -0.0853. The SMILES string of the molecule is C[C@@H](NC(=O)NC[C@H]1COCCO1)c1cccc(N2CCOC2=O)c1. The van der Waals surface area contributed by atoms with Gasteiger partial charge >= 0.3 is 12.1 Å². The first-order valence-electron chi connectivity index (χ1n) is 8.41. The minimum Gasteiger partial charge on any atom is -0.447 e. The van der Waals surface area contributed by atoms with Crippen LogP contribution in [0.2, 0.25) is 0 Å². The van der Waals surface area contributed by atoms with Crippen LogP contribution in [0.4, 0.5) is 15.3 Å². The molecule has 136 valence electrons. The Balaban J connectivity index is 1.52. The molecule has 2 N–H and O–H groups in total. The van der Waals surface area contributed by atoms with Crippen LogP contribution in [0, 0.1) is 0 Å². The average Bonchev–Trinajstić information content (AvgIpc) is 3.07. The first-order chi connectivity index (χ1) is 12.1. The first-order valence-corrected chi connectivity index (χ1v) is 8.41. The highest BCUT2D eigenvalue weighted by atomic mass is 16.6. The second kappa shape index (κ2) is 8.17. The molecule has 1 aromatic rings. The van der Waals surface area contributed by atoms with Gasteiger partial charge in [0.05, 0.1) is 38.5 Å². The third-order valence-corrected chi connectivity index (χ3v) is 4.17. The molecule has 0 aromatic heterocycles. The molecule has 0 saturated carbocycles. The summed E-state index contributed by atoms with van der Waals surface area (Å²) in [5, 5.41) is 5.67. The zero-order valence-electron chi connectivity index (χ0n) is 14.2. The highest BCUT2D eigenvalue weighted by molar-refractivity contribution is 5.89. The van der Waals surface area contributed by atoms with Gasteiger partial charge in [0.1, 0.15) is 6.61 Å². The van der Waals surface area contributed by atoms with Crippen molar-refractivity contribution < 1.29 is 23.8 Å². The summed E-state index contributed by atoms with van der Waals surface area (Å²) in [5.74, 6) is 0. The Morgan fingerprint density at radius 3 is 2.96 bits per heavy atom. The van der Waals surface area contributed by atoms with Crippen LogP contribution in [0.1, 0.15) is 18.5 Å². The van der Waals surface area contributed by atoms with Crippen LogP contribution in [0.15, 0.2) is 24.3 Å². The summed E-state index contributed by atoms with van der Waals surface area (Å²) >= 11 is 0. The van der Waals surface area contributed by atoms with E-state index in [2.05, 4.69) is 10.6 Å². The van der Waals surface area contributed by atoms with Gasteiger partial charge in [0.25, 0.3) is 0 Å². The Morgan fingerprint density at radius 2 is 2.24 bits per heavy atom. The molecule has 8 heteroatoms. The Bertz CT molecular complexity index is 618. The quantitative estimate of drug-likeness (QED) is 0.839. The summed E-state index contributed by atoms with van der Waals surface area (Å²) in [6.07, 6.45) is -0.454. The molecule has 2 aliphatic heterocycles. The largest absolute Gasteiger partial charge is 0.447 e. The highest BCUT2D eigenvalue weighted by Gasteiger charge is 2.24. The van der Waals surface area contributed by atoms with Gasteiger partial charge in [-0.25, -0.2) is 9.59 Å². The molecular formula is C17H23N3O5. The molecule has 0 radical (unpaired) electrons. The first kappa shape index (κ1) is 17.5. The van der Waals surface area contributed by atoms with Gasteiger partial charge in [-0.2, -0.15) is 0 Å². The van der Waals surface area contributed by atoms with Crippen LogP contribution in [0.3, 0.4) is 0 Å². The predicted molar refractivity (Wildman–Crippen MR) is 90.6 cm³/mol. The second-order valence-corrected chi connectivity index (χ2v) is 6.00. The fourth-order valence-electron chi connectivity index (χ4n) is 2.78. The Kier molecular flexibility index (Phi) is 5.72. The number of nitrogens with zero attached hydrogens (tertiary/aromatic N) is 1. The van der Waals surface area contributed by atoms with Crippen molar-refractivity contribution >= 4 is 17.8 Å². The standard InChI is InChI=1S/C17H23N3O5/c1-12(19-16(21)18-10-15-11-23-7-8-24-15)13-3-2-4-14(9-13)20-5-6-25-17(20)22/h2-4,9,12,15H,5-8,10-11H2,1H3,(H2,18,19,21)/t12-,15+/m1/s1. The number of benzene rings is 1. The molecule has 2 atom stereocenters. The maximum atomic E-state index is 12.1. The number of anilines is 1. The van der Waals surface area contributed by atoms with E-state index in [9.17, 15) is 9.59 Å². The van der Waals surface area contributed by atoms with E-state index in [1.165, 1.54) is 0 Å². The predicted octanol–water partition coefficient (Wildman–Crippen LogP) is 1.42. The summed E-state index contributed by atoms with van der Waals surface area (Å²) < 4.78 is 15.7. The molecule has 3 amide bonds. The van der Waals surface area contributed by atoms with E-state index in [-0.39, 0.29) is 24.3 Å². The third kappa shape index (κ3) is 4.61.